The Morgan fingerprint density at radius 3 is 2.54 bits per heavy atom. The van der Waals surface area contributed by atoms with Crippen molar-refractivity contribution in [2.45, 2.75) is 63.6 Å². The molecule has 3 aliphatic rings. The zero-order chi connectivity index (χ0) is 18.6. The van der Waals surface area contributed by atoms with Crippen molar-refractivity contribution in [1.29, 1.82) is 0 Å². The topological polar surface area (TPSA) is 47.6 Å². The summed E-state index contributed by atoms with van der Waals surface area (Å²) in [4.78, 5) is 17.5. The molecule has 3 heterocycles. The molecule has 0 spiro atoms. The van der Waals surface area contributed by atoms with Crippen LogP contribution in [0, 0.1) is 0 Å². The van der Waals surface area contributed by atoms with Crippen molar-refractivity contribution >= 4 is 24.0 Å². The molecule has 0 bridgehead atoms. The van der Waals surface area contributed by atoms with Gasteiger partial charge < -0.3 is 15.5 Å². The Morgan fingerprint density at radius 2 is 1.86 bits per heavy atom. The van der Waals surface area contributed by atoms with Crippen LogP contribution in [0.2, 0.25) is 0 Å². The fourth-order valence-corrected chi connectivity index (χ4v) is 5.00. The van der Waals surface area contributed by atoms with Crippen molar-refractivity contribution in [3.05, 3.63) is 29.8 Å². The lowest BCUT2D eigenvalue weighted by atomic mass is 10.1. The molecule has 0 aromatic heterocycles. The van der Waals surface area contributed by atoms with Crippen LogP contribution in [0.1, 0.15) is 44.6 Å². The van der Waals surface area contributed by atoms with Crippen molar-refractivity contribution in [2.75, 3.05) is 37.6 Å². The molecule has 0 unspecified atom stereocenters. The highest BCUT2D eigenvalue weighted by atomic mass is 35.5. The fourth-order valence-electron chi connectivity index (χ4n) is 5.00. The second-order valence-corrected chi connectivity index (χ2v) is 8.55. The van der Waals surface area contributed by atoms with E-state index in [0.29, 0.717) is 18.5 Å². The number of hydrogen-bond acceptors (Lipinski definition) is 4. The standard InChI is InChI=1S/C22H34N4O.ClH/c1-17-3-2-13-26(17)21-10-14-25(16-21)20-6-4-18(5-7-20)15-22(27)24-19-8-11-23-12-9-19;/h4-7,17,19,21,23H,2-3,8-16H2,1H3,(H,24,27);1H/t17-,21-;/m0./s1. The highest BCUT2D eigenvalue weighted by Crippen LogP contribution is 2.28. The Hall–Kier alpha value is -1.30. The lowest BCUT2D eigenvalue weighted by Crippen LogP contribution is -2.43. The second-order valence-electron chi connectivity index (χ2n) is 8.55. The quantitative estimate of drug-likeness (QED) is 0.789. The van der Waals surface area contributed by atoms with E-state index in [4.69, 9.17) is 0 Å². The number of anilines is 1. The van der Waals surface area contributed by atoms with Gasteiger partial charge in [0, 0.05) is 36.9 Å². The third-order valence-electron chi connectivity index (χ3n) is 6.61. The monoisotopic (exact) mass is 406 g/mol. The molecular weight excluding hydrogens is 372 g/mol. The minimum atomic E-state index is 0. The first-order valence-electron chi connectivity index (χ1n) is 10.8. The molecule has 5 nitrogen and oxygen atoms in total. The first kappa shape index (κ1) is 21.4. The number of nitrogens with zero attached hydrogens (tertiary/aromatic N) is 2. The molecule has 3 saturated heterocycles. The molecule has 3 fully saturated rings. The van der Waals surface area contributed by atoms with E-state index in [1.165, 1.54) is 31.5 Å². The van der Waals surface area contributed by atoms with E-state index in [1.807, 2.05) is 0 Å². The molecule has 3 aliphatic heterocycles. The Morgan fingerprint density at radius 1 is 1.11 bits per heavy atom. The Balaban J connectivity index is 0.00000225. The normalized spacial score (nSPS) is 26.2. The van der Waals surface area contributed by atoms with Gasteiger partial charge in [-0.2, -0.15) is 0 Å². The molecule has 4 rings (SSSR count). The van der Waals surface area contributed by atoms with Crippen LogP contribution in [0.5, 0.6) is 0 Å². The van der Waals surface area contributed by atoms with E-state index in [2.05, 4.69) is 51.6 Å². The number of benzene rings is 1. The minimum Gasteiger partial charge on any atom is -0.370 e. The van der Waals surface area contributed by atoms with Crippen LogP contribution in [0.3, 0.4) is 0 Å². The summed E-state index contributed by atoms with van der Waals surface area (Å²) in [6, 6.07) is 10.4. The van der Waals surface area contributed by atoms with Crippen LogP contribution < -0.4 is 15.5 Å². The van der Waals surface area contributed by atoms with Crippen molar-refractivity contribution in [3.8, 4) is 0 Å². The van der Waals surface area contributed by atoms with Gasteiger partial charge in [0.15, 0.2) is 0 Å². The number of hydrogen-bond donors (Lipinski definition) is 2. The van der Waals surface area contributed by atoms with E-state index in [9.17, 15) is 4.79 Å². The van der Waals surface area contributed by atoms with Crippen molar-refractivity contribution < 1.29 is 4.79 Å². The number of piperidine rings is 1. The maximum Gasteiger partial charge on any atom is 0.224 e. The highest BCUT2D eigenvalue weighted by Gasteiger charge is 2.32. The molecule has 0 saturated carbocycles. The lowest BCUT2D eigenvalue weighted by molar-refractivity contribution is -0.121. The van der Waals surface area contributed by atoms with Crippen LogP contribution in [0.25, 0.3) is 0 Å². The van der Waals surface area contributed by atoms with Gasteiger partial charge in [-0.15, -0.1) is 12.4 Å². The summed E-state index contributed by atoms with van der Waals surface area (Å²) in [5.74, 6) is 0.152. The van der Waals surface area contributed by atoms with Gasteiger partial charge in [0.2, 0.25) is 5.91 Å². The molecule has 0 aliphatic carbocycles. The molecule has 1 amide bonds. The summed E-state index contributed by atoms with van der Waals surface area (Å²) in [6.45, 7) is 7.94. The van der Waals surface area contributed by atoms with Crippen molar-refractivity contribution in [1.82, 2.24) is 15.5 Å². The smallest absolute Gasteiger partial charge is 0.224 e. The summed E-state index contributed by atoms with van der Waals surface area (Å²) in [5, 5.41) is 6.52. The largest absolute Gasteiger partial charge is 0.370 e. The summed E-state index contributed by atoms with van der Waals surface area (Å²) in [6.07, 6.45) is 6.53. The third-order valence-corrected chi connectivity index (χ3v) is 6.61. The average Bonchev–Trinajstić information content (AvgIpc) is 3.32. The average molecular weight is 407 g/mol. The van der Waals surface area contributed by atoms with Gasteiger partial charge in [-0.1, -0.05) is 12.1 Å². The molecule has 156 valence electrons. The predicted molar refractivity (Wildman–Crippen MR) is 117 cm³/mol. The zero-order valence-corrected chi connectivity index (χ0v) is 17.8. The summed E-state index contributed by atoms with van der Waals surface area (Å²) < 4.78 is 0. The molecule has 1 aromatic rings. The first-order valence-corrected chi connectivity index (χ1v) is 10.8. The Kier molecular flexibility index (Phi) is 7.61. The van der Waals surface area contributed by atoms with E-state index >= 15 is 0 Å². The summed E-state index contributed by atoms with van der Waals surface area (Å²) in [7, 11) is 0. The number of amides is 1. The minimum absolute atomic E-state index is 0. The van der Waals surface area contributed by atoms with Crippen LogP contribution >= 0.6 is 12.4 Å². The van der Waals surface area contributed by atoms with Gasteiger partial charge in [-0.3, -0.25) is 9.69 Å². The first-order chi connectivity index (χ1) is 13.2. The number of nitrogens with one attached hydrogen (secondary N) is 2. The van der Waals surface area contributed by atoms with Crippen LogP contribution in [0.4, 0.5) is 5.69 Å². The SMILES string of the molecule is C[C@H]1CCCN1[C@H]1CCN(c2ccc(CC(=O)NC3CCNCC3)cc2)C1.Cl. The zero-order valence-electron chi connectivity index (χ0n) is 17.0. The fraction of sp³-hybridized carbons (Fsp3) is 0.682. The molecule has 28 heavy (non-hydrogen) atoms. The third kappa shape index (κ3) is 5.19. The summed E-state index contributed by atoms with van der Waals surface area (Å²) in [5.41, 5.74) is 2.40. The van der Waals surface area contributed by atoms with Crippen molar-refractivity contribution in [3.63, 3.8) is 0 Å². The second kappa shape index (κ2) is 9.95. The number of likely N-dealkylation sites (tertiary alicyclic amines) is 1. The maximum absolute atomic E-state index is 12.3. The lowest BCUT2D eigenvalue weighted by Gasteiger charge is -2.28. The molecule has 0 radical (unpaired) electrons. The highest BCUT2D eigenvalue weighted by molar-refractivity contribution is 5.85. The number of carbonyl (C=O) groups is 1. The Labute approximate surface area is 175 Å². The van der Waals surface area contributed by atoms with Crippen LogP contribution in [-0.2, 0) is 11.2 Å². The van der Waals surface area contributed by atoms with Gasteiger partial charge in [-0.05, 0) is 76.4 Å². The molecular formula is C22H35ClN4O. The maximum atomic E-state index is 12.3. The number of rotatable bonds is 5. The van der Waals surface area contributed by atoms with E-state index in [-0.39, 0.29) is 18.3 Å². The van der Waals surface area contributed by atoms with Crippen LogP contribution in [-0.4, -0.2) is 61.7 Å². The van der Waals surface area contributed by atoms with Gasteiger partial charge in [-0.25, -0.2) is 0 Å². The molecule has 2 atom stereocenters. The van der Waals surface area contributed by atoms with Gasteiger partial charge in [0.05, 0.1) is 6.42 Å². The number of halogens is 1. The molecule has 2 N–H and O–H groups in total. The van der Waals surface area contributed by atoms with E-state index < -0.39 is 0 Å². The summed E-state index contributed by atoms with van der Waals surface area (Å²) >= 11 is 0. The van der Waals surface area contributed by atoms with E-state index in [1.54, 1.807) is 0 Å². The van der Waals surface area contributed by atoms with E-state index in [0.717, 1.165) is 50.6 Å². The van der Waals surface area contributed by atoms with Crippen molar-refractivity contribution in [2.24, 2.45) is 0 Å². The number of carbonyl (C=O) groups excluding carboxylic acids is 1. The van der Waals surface area contributed by atoms with Gasteiger partial charge >= 0.3 is 0 Å². The molecule has 1 aromatic carbocycles. The Bertz CT molecular complexity index is 632. The van der Waals surface area contributed by atoms with Crippen LogP contribution in [0.15, 0.2) is 24.3 Å². The van der Waals surface area contributed by atoms with Gasteiger partial charge in [0.25, 0.3) is 0 Å². The predicted octanol–water partition coefficient (Wildman–Crippen LogP) is 2.58. The molecule has 6 heteroatoms. The van der Waals surface area contributed by atoms with Gasteiger partial charge in [0.1, 0.15) is 0 Å².